The summed E-state index contributed by atoms with van der Waals surface area (Å²) < 4.78 is 9.02. The summed E-state index contributed by atoms with van der Waals surface area (Å²) >= 11 is 0. The first-order valence-corrected chi connectivity index (χ1v) is 2.93. The van der Waals surface area contributed by atoms with Crippen molar-refractivity contribution >= 4 is 0 Å². The molecule has 0 radical (unpaired) electrons. The molecule has 0 spiro atoms. The van der Waals surface area contributed by atoms with Gasteiger partial charge in [0.2, 0.25) is 0 Å². The van der Waals surface area contributed by atoms with Crippen LogP contribution in [0, 0.1) is 24.1 Å². The summed E-state index contributed by atoms with van der Waals surface area (Å²) in [7, 11) is 3.07. The van der Waals surface area contributed by atoms with Crippen LogP contribution in [0.4, 0.5) is 0 Å². The Balaban J connectivity index is 3.20. The average Bonchev–Trinajstić information content (AvgIpc) is 1.97. The Bertz CT molecular complexity index is 153. The van der Waals surface area contributed by atoms with Crippen LogP contribution in [0.25, 0.3) is 0 Å². The maximum absolute atomic E-state index is 4.51. The zero-order valence-electron chi connectivity index (χ0n) is 6.23. The lowest BCUT2D eigenvalue weighted by Crippen LogP contribution is -1.70. The molecular formula is C8H10O2. The van der Waals surface area contributed by atoms with E-state index in [0.29, 0.717) is 0 Å². The van der Waals surface area contributed by atoms with Crippen molar-refractivity contribution in [2.24, 2.45) is 0 Å². The van der Waals surface area contributed by atoms with E-state index < -0.39 is 0 Å². The molecule has 0 aromatic heterocycles. The number of hydrogen-bond donors (Lipinski definition) is 0. The largest absolute Gasteiger partial charge is 0.450 e. The van der Waals surface area contributed by atoms with Gasteiger partial charge in [0, 0.05) is 12.8 Å². The number of ether oxygens (including phenoxy) is 2. The molecule has 0 aliphatic carbocycles. The predicted molar refractivity (Wildman–Crippen MR) is 38.8 cm³/mol. The summed E-state index contributed by atoms with van der Waals surface area (Å²) in [5, 5.41) is 0. The molecule has 0 unspecified atom stereocenters. The van der Waals surface area contributed by atoms with Gasteiger partial charge in [0.25, 0.3) is 0 Å². The van der Waals surface area contributed by atoms with Gasteiger partial charge in [-0.3, -0.25) is 0 Å². The zero-order valence-corrected chi connectivity index (χ0v) is 6.23. The molecule has 10 heavy (non-hydrogen) atoms. The molecule has 0 saturated heterocycles. The van der Waals surface area contributed by atoms with Crippen molar-refractivity contribution in [1.82, 2.24) is 0 Å². The van der Waals surface area contributed by atoms with Crippen molar-refractivity contribution in [3.63, 3.8) is 0 Å². The van der Waals surface area contributed by atoms with Crippen LogP contribution in [-0.2, 0) is 9.47 Å². The quantitative estimate of drug-likeness (QED) is 0.397. The van der Waals surface area contributed by atoms with E-state index in [1.165, 1.54) is 14.2 Å². The molecule has 0 aromatic rings. The lowest BCUT2D eigenvalue weighted by molar-refractivity contribution is 0.371. The van der Waals surface area contributed by atoms with Crippen molar-refractivity contribution in [2.45, 2.75) is 12.8 Å². The Kier molecular flexibility index (Phi) is 6.73. The van der Waals surface area contributed by atoms with Crippen LogP contribution in [0.1, 0.15) is 12.8 Å². The Hall–Kier alpha value is -1.28. The molecule has 2 nitrogen and oxygen atoms in total. The minimum absolute atomic E-state index is 0.726. The first-order chi connectivity index (χ1) is 4.91. The number of methoxy groups -OCH3 is 2. The molecular weight excluding hydrogens is 128 g/mol. The predicted octanol–water partition coefficient (Wildman–Crippen LogP) is 0.981. The summed E-state index contributed by atoms with van der Waals surface area (Å²) in [4.78, 5) is 0. The Morgan fingerprint density at radius 3 is 1.60 bits per heavy atom. The van der Waals surface area contributed by atoms with Gasteiger partial charge in [-0.05, 0) is 0 Å². The first kappa shape index (κ1) is 8.72. The third kappa shape index (κ3) is 6.72. The van der Waals surface area contributed by atoms with Gasteiger partial charge in [-0.15, -0.1) is 0 Å². The van der Waals surface area contributed by atoms with Crippen molar-refractivity contribution < 1.29 is 9.47 Å². The molecule has 2 heteroatoms. The minimum Gasteiger partial charge on any atom is -0.450 e. The fraction of sp³-hybridized carbons (Fsp3) is 0.500. The van der Waals surface area contributed by atoms with Crippen LogP contribution >= 0.6 is 0 Å². The molecule has 0 N–H and O–H groups in total. The van der Waals surface area contributed by atoms with Crippen LogP contribution in [0.3, 0.4) is 0 Å². The Morgan fingerprint density at radius 1 is 0.900 bits per heavy atom. The molecule has 0 aliphatic rings. The van der Waals surface area contributed by atoms with Gasteiger partial charge in [0.1, 0.15) is 12.2 Å². The van der Waals surface area contributed by atoms with E-state index in [1.807, 2.05) is 0 Å². The second-order valence-corrected chi connectivity index (χ2v) is 1.47. The van der Waals surface area contributed by atoms with Crippen molar-refractivity contribution in [2.75, 3.05) is 14.2 Å². The second-order valence-electron chi connectivity index (χ2n) is 1.47. The smallest absolute Gasteiger partial charge is 0.109 e. The third-order valence-corrected chi connectivity index (χ3v) is 0.723. The lowest BCUT2D eigenvalue weighted by atomic mass is 10.3. The molecule has 0 atom stereocenters. The molecule has 0 saturated carbocycles. The highest BCUT2D eigenvalue weighted by atomic mass is 16.5. The van der Waals surface area contributed by atoms with Crippen molar-refractivity contribution in [3.05, 3.63) is 0 Å². The van der Waals surface area contributed by atoms with Gasteiger partial charge < -0.3 is 9.47 Å². The van der Waals surface area contributed by atoms with Crippen LogP contribution in [0.15, 0.2) is 0 Å². The fourth-order valence-electron chi connectivity index (χ4n) is 0.371. The van der Waals surface area contributed by atoms with Gasteiger partial charge in [-0.25, -0.2) is 0 Å². The molecule has 0 fully saturated rings. The first-order valence-electron chi connectivity index (χ1n) is 2.93. The van der Waals surface area contributed by atoms with E-state index in [-0.39, 0.29) is 0 Å². The summed E-state index contributed by atoms with van der Waals surface area (Å²) in [6.07, 6.45) is 6.39. The molecule has 0 heterocycles. The summed E-state index contributed by atoms with van der Waals surface area (Å²) in [5.74, 6) is 5.53. The van der Waals surface area contributed by atoms with Crippen LogP contribution in [-0.4, -0.2) is 14.2 Å². The van der Waals surface area contributed by atoms with E-state index in [9.17, 15) is 0 Å². The number of rotatable bonds is 1. The molecule has 0 aliphatic heterocycles. The summed E-state index contributed by atoms with van der Waals surface area (Å²) in [6.45, 7) is 0. The highest BCUT2D eigenvalue weighted by Crippen LogP contribution is 1.81. The topological polar surface area (TPSA) is 18.5 Å². The van der Waals surface area contributed by atoms with Crippen LogP contribution in [0.5, 0.6) is 0 Å². The minimum atomic E-state index is 0.726. The van der Waals surface area contributed by atoms with E-state index in [4.69, 9.17) is 0 Å². The van der Waals surface area contributed by atoms with E-state index in [2.05, 4.69) is 33.5 Å². The van der Waals surface area contributed by atoms with Gasteiger partial charge >= 0.3 is 0 Å². The van der Waals surface area contributed by atoms with E-state index >= 15 is 0 Å². The molecule has 0 amide bonds. The maximum Gasteiger partial charge on any atom is 0.109 e. The fourth-order valence-corrected chi connectivity index (χ4v) is 0.371. The van der Waals surface area contributed by atoms with Crippen molar-refractivity contribution in [3.8, 4) is 24.1 Å². The third-order valence-electron chi connectivity index (χ3n) is 0.723. The molecule has 0 rings (SSSR count). The van der Waals surface area contributed by atoms with Crippen LogP contribution < -0.4 is 0 Å². The second kappa shape index (κ2) is 7.72. The van der Waals surface area contributed by atoms with Gasteiger partial charge in [-0.2, -0.15) is 0 Å². The highest BCUT2D eigenvalue weighted by Gasteiger charge is 1.72. The summed E-state index contributed by atoms with van der Waals surface area (Å²) in [6, 6.07) is 0. The van der Waals surface area contributed by atoms with Crippen molar-refractivity contribution in [1.29, 1.82) is 0 Å². The van der Waals surface area contributed by atoms with Crippen LogP contribution in [0.2, 0.25) is 0 Å². The summed E-state index contributed by atoms with van der Waals surface area (Å²) in [5.41, 5.74) is 0. The monoisotopic (exact) mass is 138 g/mol. The Morgan fingerprint density at radius 2 is 1.30 bits per heavy atom. The van der Waals surface area contributed by atoms with E-state index in [0.717, 1.165) is 12.8 Å². The number of unbranched alkanes of at least 4 members (excludes halogenated alkanes) is 1. The van der Waals surface area contributed by atoms with E-state index in [1.54, 1.807) is 0 Å². The maximum atomic E-state index is 4.51. The molecule has 0 aromatic carbocycles. The van der Waals surface area contributed by atoms with Gasteiger partial charge in [-0.1, -0.05) is 11.8 Å². The number of hydrogen-bond acceptors (Lipinski definition) is 2. The standard InChI is InChI=1S/C8H10O2/c1-9-7-5-3-4-6-8-10-2/h3-4H2,1-2H3. The van der Waals surface area contributed by atoms with Gasteiger partial charge in [0.05, 0.1) is 14.2 Å². The lowest BCUT2D eigenvalue weighted by Gasteiger charge is -1.79. The average molecular weight is 138 g/mol. The Labute approximate surface area is 61.5 Å². The normalized spacial score (nSPS) is 6.20. The zero-order chi connectivity index (χ0) is 7.66. The van der Waals surface area contributed by atoms with Gasteiger partial charge in [0.15, 0.2) is 0 Å². The molecule has 54 valence electrons. The SMILES string of the molecule is COC#CCCC#COC. The highest BCUT2D eigenvalue weighted by molar-refractivity contribution is 4.98. The molecule has 0 bridgehead atoms.